The number of likely N-dealkylation sites (tertiary alicyclic amines) is 1. The van der Waals surface area contributed by atoms with Gasteiger partial charge in [-0.15, -0.1) is 0 Å². The molecule has 158 valence electrons. The minimum absolute atomic E-state index is 0.229. The number of rotatable bonds is 6. The third-order valence-corrected chi connectivity index (χ3v) is 5.12. The molecule has 0 aromatic heterocycles. The number of ether oxygens (including phenoxy) is 1. The molecule has 0 radical (unpaired) electrons. The Balaban J connectivity index is 1.31. The first-order valence-electron chi connectivity index (χ1n) is 10.2. The van der Waals surface area contributed by atoms with Crippen LogP contribution in [-0.2, 0) is 16.0 Å². The molecule has 0 saturated carbocycles. The lowest BCUT2D eigenvalue weighted by Gasteiger charge is -2.31. The van der Waals surface area contributed by atoms with Crippen LogP contribution in [0.5, 0.6) is 5.75 Å². The van der Waals surface area contributed by atoms with Gasteiger partial charge < -0.3 is 20.3 Å². The second-order valence-electron chi connectivity index (χ2n) is 7.31. The Morgan fingerprint density at radius 3 is 2.13 bits per heavy atom. The zero-order valence-electron chi connectivity index (χ0n) is 16.9. The van der Waals surface area contributed by atoms with E-state index in [-0.39, 0.29) is 12.0 Å². The van der Waals surface area contributed by atoms with Crippen molar-refractivity contribution in [2.75, 3.05) is 26.2 Å². The van der Waals surface area contributed by atoms with Crippen LogP contribution in [0.3, 0.4) is 0 Å². The lowest BCUT2D eigenvalue weighted by molar-refractivity contribution is -0.139. The van der Waals surface area contributed by atoms with Crippen LogP contribution in [0.4, 0.5) is 4.79 Å². The standard InChI is InChI=1S/C23H27N3O4/c27-21(24-14-11-18-7-3-1-4-8-18)22(28)25-17-19-12-15-26(16-13-19)23(29)30-20-9-5-2-6-10-20/h1-10,19H,11-17H2,(H,24,27)(H,25,28). The van der Waals surface area contributed by atoms with E-state index >= 15 is 0 Å². The van der Waals surface area contributed by atoms with Crippen molar-refractivity contribution >= 4 is 17.9 Å². The van der Waals surface area contributed by atoms with Crippen molar-refractivity contribution in [1.29, 1.82) is 0 Å². The van der Waals surface area contributed by atoms with Crippen molar-refractivity contribution in [3.63, 3.8) is 0 Å². The number of carbonyl (C=O) groups is 3. The van der Waals surface area contributed by atoms with Gasteiger partial charge in [-0.2, -0.15) is 0 Å². The molecular weight excluding hydrogens is 382 g/mol. The highest BCUT2D eigenvalue weighted by Crippen LogP contribution is 2.18. The normalized spacial score (nSPS) is 14.1. The number of amides is 3. The Kier molecular flexibility index (Phi) is 7.83. The summed E-state index contributed by atoms with van der Waals surface area (Å²) in [6.07, 6.45) is 1.82. The highest BCUT2D eigenvalue weighted by Gasteiger charge is 2.25. The van der Waals surface area contributed by atoms with E-state index in [1.807, 2.05) is 48.5 Å². The van der Waals surface area contributed by atoms with Crippen LogP contribution in [0.2, 0.25) is 0 Å². The molecule has 30 heavy (non-hydrogen) atoms. The molecule has 2 aromatic rings. The van der Waals surface area contributed by atoms with Gasteiger partial charge in [0, 0.05) is 26.2 Å². The zero-order valence-corrected chi connectivity index (χ0v) is 16.9. The molecule has 2 N–H and O–H groups in total. The second-order valence-corrected chi connectivity index (χ2v) is 7.31. The largest absolute Gasteiger partial charge is 0.415 e. The SMILES string of the molecule is O=C(NCCc1ccccc1)C(=O)NCC1CCN(C(=O)Oc2ccccc2)CC1. The minimum Gasteiger partial charge on any atom is -0.410 e. The summed E-state index contributed by atoms with van der Waals surface area (Å²) in [4.78, 5) is 37.8. The second kappa shape index (κ2) is 11.0. The Morgan fingerprint density at radius 1 is 0.867 bits per heavy atom. The summed E-state index contributed by atoms with van der Waals surface area (Å²) in [5, 5.41) is 5.34. The van der Waals surface area contributed by atoms with E-state index in [0.29, 0.717) is 38.3 Å². The first-order valence-corrected chi connectivity index (χ1v) is 10.2. The molecule has 0 aliphatic carbocycles. The van der Waals surface area contributed by atoms with Crippen molar-refractivity contribution in [2.45, 2.75) is 19.3 Å². The molecule has 3 amide bonds. The third-order valence-electron chi connectivity index (χ3n) is 5.12. The molecule has 1 aliphatic rings. The average molecular weight is 409 g/mol. The smallest absolute Gasteiger partial charge is 0.410 e. The lowest BCUT2D eigenvalue weighted by atomic mass is 9.97. The van der Waals surface area contributed by atoms with Gasteiger partial charge in [0.2, 0.25) is 0 Å². The molecule has 1 saturated heterocycles. The van der Waals surface area contributed by atoms with Gasteiger partial charge in [-0.05, 0) is 42.9 Å². The molecule has 1 fully saturated rings. The maximum absolute atomic E-state index is 12.2. The van der Waals surface area contributed by atoms with Crippen LogP contribution in [0, 0.1) is 5.92 Å². The molecule has 1 heterocycles. The summed E-state index contributed by atoms with van der Waals surface area (Å²) in [5.41, 5.74) is 1.11. The van der Waals surface area contributed by atoms with Crippen molar-refractivity contribution < 1.29 is 19.1 Å². The first-order chi connectivity index (χ1) is 14.6. The van der Waals surface area contributed by atoms with E-state index in [4.69, 9.17) is 4.74 Å². The topological polar surface area (TPSA) is 87.7 Å². The fraction of sp³-hybridized carbons (Fsp3) is 0.348. The average Bonchev–Trinajstić information content (AvgIpc) is 2.79. The lowest BCUT2D eigenvalue weighted by Crippen LogP contribution is -2.45. The minimum atomic E-state index is -0.617. The molecular formula is C23H27N3O4. The molecule has 0 unspecified atom stereocenters. The van der Waals surface area contributed by atoms with Crippen molar-refractivity contribution in [3.8, 4) is 5.75 Å². The Labute approximate surface area is 176 Å². The molecule has 0 atom stereocenters. The fourth-order valence-electron chi connectivity index (χ4n) is 3.34. The summed E-state index contributed by atoms with van der Waals surface area (Å²) in [5.74, 6) is -0.481. The van der Waals surface area contributed by atoms with E-state index in [2.05, 4.69) is 10.6 Å². The number of nitrogens with zero attached hydrogens (tertiary/aromatic N) is 1. The Bertz CT molecular complexity index is 834. The first kappa shape index (κ1) is 21.4. The predicted octanol–water partition coefficient (Wildman–Crippen LogP) is 2.37. The highest BCUT2D eigenvalue weighted by molar-refractivity contribution is 6.35. The molecule has 3 rings (SSSR count). The number of hydrogen-bond donors (Lipinski definition) is 2. The van der Waals surface area contributed by atoms with Crippen LogP contribution in [-0.4, -0.2) is 49.0 Å². The van der Waals surface area contributed by atoms with Gasteiger partial charge in [0.05, 0.1) is 0 Å². The van der Waals surface area contributed by atoms with Crippen LogP contribution < -0.4 is 15.4 Å². The van der Waals surface area contributed by atoms with Crippen LogP contribution in [0.1, 0.15) is 18.4 Å². The van der Waals surface area contributed by atoms with E-state index in [1.54, 1.807) is 17.0 Å². The molecule has 1 aliphatic heterocycles. The molecule has 7 heteroatoms. The highest BCUT2D eigenvalue weighted by atomic mass is 16.6. The molecule has 0 bridgehead atoms. The maximum Gasteiger partial charge on any atom is 0.415 e. The van der Waals surface area contributed by atoms with Crippen molar-refractivity contribution in [3.05, 3.63) is 66.2 Å². The van der Waals surface area contributed by atoms with Gasteiger partial charge in [0.15, 0.2) is 0 Å². The van der Waals surface area contributed by atoms with E-state index in [9.17, 15) is 14.4 Å². The van der Waals surface area contributed by atoms with Crippen LogP contribution >= 0.6 is 0 Å². The van der Waals surface area contributed by atoms with Crippen molar-refractivity contribution in [1.82, 2.24) is 15.5 Å². The number of carbonyl (C=O) groups excluding carboxylic acids is 3. The molecule has 7 nitrogen and oxygen atoms in total. The predicted molar refractivity (Wildman–Crippen MR) is 113 cm³/mol. The summed E-state index contributed by atoms with van der Waals surface area (Å²) in [7, 11) is 0. The summed E-state index contributed by atoms with van der Waals surface area (Å²) >= 11 is 0. The third kappa shape index (κ3) is 6.62. The molecule has 2 aromatic carbocycles. The number of hydrogen-bond acceptors (Lipinski definition) is 4. The van der Waals surface area contributed by atoms with Gasteiger partial charge in [-0.25, -0.2) is 4.79 Å². The van der Waals surface area contributed by atoms with Gasteiger partial charge in [0.1, 0.15) is 5.75 Å². The van der Waals surface area contributed by atoms with Gasteiger partial charge in [0.25, 0.3) is 0 Å². The van der Waals surface area contributed by atoms with E-state index in [1.165, 1.54) is 0 Å². The van der Waals surface area contributed by atoms with Crippen LogP contribution in [0.15, 0.2) is 60.7 Å². The monoisotopic (exact) mass is 409 g/mol. The van der Waals surface area contributed by atoms with Gasteiger partial charge >= 0.3 is 17.9 Å². The quantitative estimate of drug-likeness (QED) is 0.717. The Hall–Kier alpha value is -3.35. The maximum atomic E-state index is 12.2. The zero-order chi connectivity index (χ0) is 21.2. The summed E-state index contributed by atoms with van der Waals surface area (Å²) in [6.45, 7) is 1.97. The Morgan fingerprint density at radius 2 is 1.47 bits per heavy atom. The summed E-state index contributed by atoms with van der Waals surface area (Å²) < 4.78 is 5.35. The van der Waals surface area contributed by atoms with Crippen LogP contribution in [0.25, 0.3) is 0 Å². The van der Waals surface area contributed by atoms with E-state index in [0.717, 1.165) is 18.4 Å². The van der Waals surface area contributed by atoms with Crippen molar-refractivity contribution in [2.24, 2.45) is 5.92 Å². The van der Waals surface area contributed by atoms with Gasteiger partial charge in [-0.1, -0.05) is 48.5 Å². The molecule has 0 spiro atoms. The number of benzene rings is 2. The number of para-hydroxylation sites is 1. The number of piperidine rings is 1. The summed E-state index contributed by atoms with van der Waals surface area (Å²) in [6, 6.07) is 18.8. The number of nitrogens with one attached hydrogen (secondary N) is 2. The fourth-order valence-corrected chi connectivity index (χ4v) is 3.34. The van der Waals surface area contributed by atoms with E-state index < -0.39 is 11.8 Å². The van der Waals surface area contributed by atoms with Gasteiger partial charge in [-0.3, -0.25) is 9.59 Å².